The van der Waals surface area contributed by atoms with Crippen LogP contribution in [0.1, 0.15) is 35.7 Å². The zero-order valence-corrected chi connectivity index (χ0v) is 11.5. The van der Waals surface area contributed by atoms with Gasteiger partial charge in [-0.25, -0.2) is 0 Å². The van der Waals surface area contributed by atoms with Crippen LogP contribution in [-0.2, 0) is 12.7 Å². The number of carbonyl (C=O) groups excluding carboxylic acids is 1. The highest BCUT2D eigenvalue weighted by molar-refractivity contribution is 5.85. The largest absolute Gasteiger partial charge is 0.416 e. The van der Waals surface area contributed by atoms with E-state index in [2.05, 4.69) is 5.10 Å². The van der Waals surface area contributed by atoms with E-state index in [0.717, 1.165) is 25.0 Å². The molecule has 3 nitrogen and oxygen atoms in total. The topological polar surface area (TPSA) is 34.9 Å². The van der Waals surface area contributed by atoms with Gasteiger partial charge in [0.2, 0.25) is 0 Å². The second-order valence-corrected chi connectivity index (χ2v) is 4.74. The Bertz CT molecular complexity index is 615. The maximum atomic E-state index is 12.5. The lowest BCUT2D eigenvalue weighted by molar-refractivity contribution is -0.137. The van der Waals surface area contributed by atoms with Crippen molar-refractivity contribution in [3.8, 4) is 11.3 Å². The van der Waals surface area contributed by atoms with Gasteiger partial charge in [0.05, 0.1) is 11.1 Å². The fourth-order valence-corrected chi connectivity index (χ4v) is 2.00. The summed E-state index contributed by atoms with van der Waals surface area (Å²) in [5, 5.41) is 4.28. The molecular formula is C15H15F3N2O. The molecule has 0 aliphatic rings. The predicted octanol–water partition coefficient (Wildman–Crippen LogP) is 4.18. The lowest BCUT2D eigenvalue weighted by Crippen LogP contribution is -2.04. The van der Waals surface area contributed by atoms with Gasteiger partial charge in [0.15, 0.2) is 6.29 Å². The molecule has 1 heterocycles. The summed E-state index contributed by atoms with van der Waals surface area (Å²) < 4.78 is 39.3. The van der Waals surface area contributed by atoms with Crippen molar-refractivity contribution in [1.29, 1.82) is 0 Å². The number of rotatable bonds is 5. The first-order valence-electron chi connectivity index (χ1n) is 6.66. The number of hydrogen-bond acceptors (Lipinski definition) is 2. The quantitative estimate of drug-likeness (QED) is 0.776. The molecule has 112 valence electrons. The van der Waals surface area contributed by atoms with Gasteiger partial charge < -0.3 is 0 Å². The molecule has 0 aliphatic carbocycles. The van der Waals surface area contributed by atoms with E-state index in [9.17, 15) is 18.0 Å². The van der Waals surface area contributed by atoms with Gasteiger partial charge in [-0.2, -0.15) is 18.3 Å². The van der Waals surface area contributed by atoms with Crippen LogP contribution in [0.15, 0.2) is 30.5 Å². The fourth-order valence-electron chi connectivity index (χ4n) is 2.00. The van der Waals surface area contributed by atoms with Gasteiger partial charge in [-0.1, -0.05) is 25.5 Å². The molecule has 0 radical (unpaired) electrons. The highest BCUT2D eigenvalue weighted by Crippen LogP contribution is 2.31. The zero-order chi connectivity index (χ0) is 15.5. The number of unbranched alkanes of at least 4 members (excludes halogenated alkanes) is 1. The van der Waals surface area contributed by atoms with Crippen LogP contribution in [0.2, 0.25) is 0 Å². The molecule has 0 saturated carbocycles. The molecule has 0 atom stereocenters. The lowest BCUT2D eigenvalue weighted by Gasteiger charge is -2.06. The molecule has 0 unspecified atom stereocenters. The number of carbonyl (C=O) groups is 1. The summed E-state index contributed by atoms with van der Waals surface area (Å²) in [6.07, 6.45) is -0.164. The van der Waals surface area contributed by atoms with E-state index in [0.29, 0.717) is 29.7 Å². The molecule has 0 fully saturated rings. The third kappa shape index (κ3) is 3.51. The number of alkyl halides is 3. The monoisotopic (exact) mass is 296 g/mol. The van der Waals surface area contributed by atoms with Gasteiger partial charge in [0, 0.05) is 18.3 Å². The van der Waals surface area contributed by atoms with E-state index in [1.165, 1.54) is 12.1 Å². The number of aromatic nitrogens is 2. The molecule has 0 bridgehead atoms. The summed E-state index contributed by atoms with van der Waals surface area (Å²) in [4.78, 5) is 11.1. The van der Waals surface area contributed by atoms with E-state index in [-0.39, 0.29) is 0 Å². The van der Waals surface area contributed by atoms with Crippen LogP contribution >= 0.6 is 0 Å². The lowest BCUT2D eigenvalue weighted by atomic mass is 10.1. The van der Waals surface area contributed by atoms with Crippen LogP contribution < -0.4 is 0 Å². The first-order chi connectivity index (χ1) is 9.95. The van der Waals surface area contributed by atoms with E-state index < -0.39 is 11.7 Å². The maximum Gasteiger partial charge on any atom is 0.416 e. The molecule has 21 heavy (non-hydrogen) atoms. The van der Waals surface area contributed by atoms with Crippen molar-refractivity contribution in [3.63, 3.8) is 0 Å². The predicted molar refractivity (Wildman–Crippen MR) is 73.0 cm³/mol. The van der Waals surface area contributed by atoms with Crippen LogP contribution in [0.5, 0.6) is 0 Å². The molecule has 0 amide bonds. The molecule has 0 saturated heterocycles. The van der Waals surface area contributed by atoms with Crippen LogP contribution in [0.25, 0.3) is 11.3 Å². The highest BCUT2D eigenvalue weighted by Gasteiger charge is 2.30. The molecule has 2 rings (SSSR count). The summed E-state index contributed by atoms with van der Waals surface area (Å²) in [7, 11) is 0. The number of halogens is 3. The van der Waals surface area contributed by atoms with Gasteiger partial charge in [0.1, 0.15) is 5.69 Å². The second-order valence-electron chi connectivity index (χ2n) is 4.74. The summed E-state index contributed by atoms with van der Waals surface area (Å²) in [6, 6.07) is 4.66. The van der Waals surface area contributed by atoms with Gasteiger partial charge in [-0.3, -0.25) is 9.48 Å². The number of aldehydes is 1. The molecule has 6 heteroatoms. The number of hydrogen-bond donors (Lipinski definition) is 0. The van der Waals surface area contributed by atoms with Gasteiger partial charge in [-0.05, 0) is 18.6 Å². The van der Waals surface area contributed by atoms with Crippen molar-refractivity contribution >= 4 is 6.29 Å². The van der Waals surface area contributed by atoms with Crippen LogP contribution in [-0.4, -0.2) is 16.1 Å². The molecule has 2 aromatic rings. The normalized spacial score (nSPS) is 11.6. The third-order valence-corrected chi connectivity index (χ3v) is 3.14. The van der Waals surface area contributed by atoms with Crippen LogP contribution in [0, 0.1) is 0 Å². The highest BCUT2D eigenvalue weighted by atomic mass is 19.4. The Labute approximate surface area is 120 Å². The maximum absolute atomic E-state index is 12.5. The van der Waals surface area contributed by atoms with E-state index >= 15 is 0 Å². The van der Waals surface area contributed by atoms with Crippen molar-refractivity contribution in [2.24, 2.45) is 0 Å². The smallest absolute Gasteiger partial charge is 0.298 e. The average molecular weight is 296 g/mol. The van der Waals surface area contributed by atoms with Crippen molar-refractivity contribution in [2.45, 2.75) is 32.5 Å². The van der Waals surface area contributed by atoms with Gasteiger partial charge in [-0.15, -0.1) is 0 Å². The summed E-state index contributed by atoms with van der Waals surface area (Å²) >= 11 is 0. The Morgan fingerprint density at radius 1 is 1.24 bits per heavy atom. The Hall–Kier alpha value is -2.11. The number of aryl methyl sites for hydroxylation is 1. The average Bonchev–Trinajstić information content (AvgIpc) is 2.87. The minimum Gasteiger partial charge on any atom is -0.298 e. The van der Waals surface area contributed by atoms with Gasteiger partial charge in [0.25, 0.3) is 0 Å². The first kappa shape index (κ1) is 15.3. The van der Waals surface area contributed by atoms with E-state index in [4.69, 9.17) is 0 Å². The molecule has 1 aromatic carbocycles. The Morgan fingerprint density at radius 2 is 1.90 bits per heavy atom. The molecule has 1 aromatic heterocycles. The minimum atomic E-state index is -4.37. The van der Waals surface area contributed by atoms with Crippen molar-refractivity contribution in [2.75, 3.05) is 0 Å². The van der Waals surface area contributed by atoms with E-state index in [1.807, 2.05) is 6.92 Å². The molecule has 0 spiro atoms. The van der Waals surface area contributed by atoms with Crippen molar-refractivity contribution in [3.05, 3.63) is 41.6 Å². The summed E-state index contributed by atoms with van der Waals surface area (Å²) in [5.74, 6) is 0. The SMILES string of the molecule is CCCCn1cc(C=O)c(-c2ccc(C(F)(F)F)cc2)n1. The summed E-state index contributed by atoms with van der Waals surface area (Å²) in [6.45, 7) is 2.72. The number of nitrogens with zero attached hydrogens (tertiary/aromatic N) is 2. The summed E-state index contributed by atoms with van der Waals surface area (Å²) in [5.41, 5.74) is 0.574. The number of benzene rings is 1. The molecular weight excluding hydrogens is 281 g/mol. The van der Waals surface area contributed by atoms with Crippen LogP contribution in [0.3, 0.4) is 0 Å². The van der Waals surface area contributed by atoms with Crippen molar-refractivity contribution < 1.29 is 18.0 Å². The minimum absolute atomic E-state index is 0.380. The van der Waals surface area contributed by atoms with Crippen LogP contribution in [0.4, 0.5) is 13.2 Å². The Balaban J connectivity index is 2.32. The van der Waals surface area contributed by atoms with E-state index in [1.54, 1.807) is 10.9 Å². The van der Waals surface area contributed by atoms with Gasteiger partial charge >= 0.3 is 6.18 Å². The fraction of sp³-hybridized carbons (Fsp3) is 0.333. The third-order valence-electron chi connectivity index (χ3n) is 3.14. The second kappa shape index (κ2) is 6.11. The molecule has 0 aliphatic heterocycles. The molecule has 0 N–H and O–H groups in total. The Morgan fingerprint density at radius 3 is 2.43 bits per heavy atom. The Kier molecular flexibility index (Phi) is 4.45. The standard InChI is InChI=1S/C15H15F3N2O/c1-2-3-8-20-9-12(10-21)14(19-20)11-4-6-13(7-5-11)15(16,17)18/h4-7,9-10H,2-3,8H2,1H3. The van der Waals surface area contributed by atoms with Crippen molar-refractivity contribution in [1.82, 2.24) is 9.78 Å². The zero-order valence-electron chi connectivity index (χ0n) is 11.5. The first-order valence-corrected chi connectivity index (χ1v) is 6.66.